The summed E-state index contributed by atoms with van der Waals surface area (Å²) in [5, 5.41) is 10.4. The fourth-order valence-electron chi connectivity index (χ4n) is 1.95. The Morgan fingerprint density at radius 2 is 1.95 bits per heavy atom. The van der Waals surface area contributed by atoms with Gasteiger partial charge in [-0.3, -0.25) is 29.3 Å². The molecule has 0 unspecified atom stereocenters. The van der Waals surface area contributed by atoms with E-state index in [2.05, 4.69) is 0 Å². The number of anilines is 1. The van der Waals surface area contributed by atoms with Crippen molar-refractivity contribution in [2.24, 2.45) is 5.92 Å². The Bertz CT molecular complexity index is 714. The Morgan fingerprint density at radius 1 is 1.33 bits per heavy atom. The van der Waals surface area contributed by atoms with Crippen LogP contribution in [0.4, 0.5) is 11.4 Å². The van der Waals surface area contributed by atoms with E-state index in [1.807, 2.05) is 0 Å². The molecule has 0 N–H and O–H groups in total. The van der Waals surface area contributed by atoms with Gasteiger partial charge in [0.05, 0.1) is 15.6 Å². The number of amides is 2. The van der Waals surface area contributed by atoms with Crippen LogP contribution in [-0.2, 0) is 19.2 Å². The summed E-state index contributed by atoms with van der Waals surface area (Å²) in [4.78, 5) is 57.1. The molecule has 1 atom stereocenters. The van der Waals surface area contributed by atoms with Gasteiger partial charge in [0.1, 0.15) is 5.78 Å². The molecule has 0 saturated carbocycles. The largest absolute Gasteiger partial charge is 0.302 e. The molecule has 0 bridgehead atoms. The Hall–Kier alpha value is -2.61. The zero-order valence-electron chi connectivity index (χ0n) is 10.5. The number of rotatable bonds is 3. The number of carbonyl (C=O) groups excluding carboxylic acids is 4. The number of Topliss-reactive ketones (excluding diaryl/α,β-unsaturated/α-hetero) is 2. The SMILES string of the molecule is CC(=O)[C@H]1C(=O)C(=O)N(c2ccc([N+](=O)[O-])cc2Cl)C1=O. The number of nitrogens with zero attached hydrogens (tertiary/aromatic N) is 2. The summed E-state index contributed by atoms with van der Waals surface area (Å²) in [5.74, 6) is -5.76. The number of benzene rings is 1. The maximum absolute atomic E-state index is 12.0. The van der Waals surface area contributed by atoms with E-state index in [0.717, 1.165) is 25.1 Å². The van der Waals surface area contributed by atoms with Crippen molar-refractivity contribution in [3.8, 4) is 0 Å². The minimum Gasteiger partial charge on any atom is -0.299 e. The van der Waals surface area contributed by atoms with Gasteiger partial charge in [0, 0.05) is 12.1 Å². The molecule has 1 saturated heterocycles. The highest BCUT2D eigenvalue weighted by atomic mass is 35.5. The van der Waals surface area contributed by atoms with Crippen molar-refractivity contribution in [1.29, 1.82) is 0 Å². The first-order chi connectivity index (χ1) is 9.75. The molecule has 0 spiro atoms. The third-order valence-corrected chi connectivity index (χ3v) is 3.24. The van der Waals surface area contributed by atoms with Crippen molar-refractivity contribution in [1.82, 2.24) is 0 Å². The molecule has 1 aromatic carbocycles. The van der Waals surface area contributed by atoms with Gasteiger partial charge in [-0.1, -0.05) is 11.6 Å². The molecule has 1 fully saturated rings. The number of nitro benzene ring substituents is 1. The highest BCUT2D eigenvalue weighted by molar-refractivity contribution is 6.60. The van der Waals surface area contributed by atoms with Crippen molar-refractivity contribution in [2.45, 2.75) is 6.92 Å². The quantitative estimate of drug-likeness (QED) is 0.269. The van der Waals surface area contributed by atoms with Crippen molar-refractivity contribution in [3.05, 3.63) is 33.3 Å². The van der Waals surface area contributed by atoms with E-state index in [0.29, 0.717) is 4.90 Å². The third kappa shape index (κ3) is 2.29. The summed E-state index contributed by atoms with van der Waals surface area (Å²) in [5.41, 5.74) is -0.508. The van der Waals surface area contributed by atoms with Gasteiger partial charge in [-0.05, 0) is 13.0 Å². The van der Waals surface area contributed by atoms with E-state index in [1.54, 1.807) is 0 Å². The average molecular weight is 311 g/mol. The van der Waals surface area contributed by atoms with Crippen molar-refractivity contribution in [3.63, 3.8) is 0 Å². The van der Waals surface area contributed by atoms with E-state index in [9.17, 15) is 29.3 Å². The van der Waals surface area contributed by atoms with Gasteiger partial charge < -0.3 is 0 Å². The molecular weight excluding hydrogens is 304 g/mol. The maximum atomic E-state index is 12.0. The van der Waals surface area contributed by atoms with Crippen LogP contribution in [0.3, 0.4) is 0 Å². The number of halogens is 1. The molecule has 9 heteroatoms. The number of imide groups is 1. The smallest absolute Gasteiger partial charge is 0.299 e. The van der Waals surface area contributed by atoms with Gasteiger partial charge in [-0.2, -0.15) is 0 Å². The van der Waals surface area contributed by atoms with Gasteiger partial charge in [0.25, 0.3) is 11.6 Å². The van der Waals surface area contributed by atoms with Gasteiger partial charge >= 0.3 is 5.91 Å². The molecule has 1 heterocycles. The minimum absolute atomic E-state index is 0.172. The van der Waals surface area contributed by atoms with Crippen molar-refractivity contribution in [2.75, 3.05) is 4.90 Å². The van der Waals surface area contributed by atoms with E-state index < -0.39 is 34.2 Å². The van der Waals surface area contributed by atoms with E-state index in [1.165, 1.54) is 0 Å². The van der Waals surface area contributed by atoms with Crippen LogP contribution in [0.15, 0.2) is 18.2 Å². The van der Waals surface area contributed by atoms with Crippen LogP contribution in [0, 0.1) is 16.0 Å². The first-order valence-electron chi connectivity index (χ1n) is 5.62. The average Bonchev–Trinajstić information content (AvgIpc) is 2.61. The molecular formula is C12H7ClN2O6. The lowest BCUT2D eigenvalue weighted by Crippen LogP contribution is -2.32. The van der Waals surface area contributed by atoms with Crippen LogP contribution in [-0.4, -0.2) is 28.3 Å². The van der Waals surface area contributed by atoms with Gasteiger partial charge in [-0.25, -0.2) is 4.90 Å². The van der Waals surface area contributed by atoms with Crippen LogP contribution in [0.1, 0.15) is 6.92 Å². The number of hydrogen-bond acceptors (Lipinski definition) is 6. The van der Waals surface area contributed by atoms with Gasteiger partial charge in [0.2, 0.25) is 5.78 Å². The highest BCUT2D eigenvalue weighted by Crippen LogP contribution is 2.33. The van der Waals surface area contributed by atoms with Crippen LogP contribution in [0.5, 0.6) is 0 Å². The lowest BCUT2D eigenvalue weighted by atomic mass is 10.0. The predicted octanol–water partition coefficient (Wildman–Crippen LogP) is 0.896. The fourth-order valence-corrected chi connectivity index (χ4v) is 2.21. The van der Waals surface area contributed by atoms with E-state index in [4.69, 9.17) is 11.6 Å². The van der Waals surface area contributed by atoms with Crippen LogP contribution in [0.2, 0.25) is 5.02 Å². The molecule has 0 aromatic heterocycles. The second-order valence-electron chi connectivity index (χ2n) is 4.28. The molecule has 1 aromatic rings. The monoisotopic (exact) mass is 310 g/mol. The van der Waals surface area contributed by atoms with Crippen LogP contribution < -0.4 is 4.90 Å². The fraction of sp³-hybridized carbons (Fsp3) is 0.167. The summed E-state index contributed by atoms with van der Waals surface area (Å²) in [6.07, 6.45) is 0. The van der Waals surface area contributed by atoms with Crippen LogP contribution >= 0.6 is 11.6 Å². The Labute approximate surface area is 122 Å². The molecule has 108 valence electrons. The zero-order valence-corrected chi connectivity index (χ0v) is 11.3. The maximum Gasteiger partial charge on any atom is 0.302 e. The van der Waals surface area contributed by atoms with Gasteiger partial charge in [0.15, 0.2) is 5.92 Å². The second kappa shape index (κ2) is 5.06. The summed E-state index contributed by atoms with van der Waals surface area (Å²) >= 11 is 5.81. The Kier molecular flexibility index (Phi) is 3.56. The molecule has 0 aliphatic carbocycles. The van der Waals surface area contributed by atoms with Gasteiger partial charge in [-0.15, -0.1) is 0 Å². The highest BCUT2D eigenvalue weighted by Gasteiger charge is 2.50. The predicted molar refractivity (Wildman–Crippen MR) is 69.8 cm³/mol. The molecule has 21 heavy (non-hydrogen) atoms. The lowest BCUT2D eigenvalue weighted by molar-refractivity contribution is -0.384. The normalized spacial score (nSPS) is 18.3. The number of carbonyl (C=O) groups is 4. The number of non-ortho nitro benzene ring substituents is 1. The number of nitro groups is 1. The molecule has 2 amide bonds. The summed E-state index contributed by atoms with van der Waals surface area (Å²) in [6, 6.07) is 3.06. The van der Waals surface area contributed by atoms with E-state index >= 15 is 0 Å². The standard InChI is InChI=1S/C12H7ClN2O6/c1-5(16)9-10(17)12(19)14(11(9)18)8-3-2-6(15(20)21)4-7(8)13/h2-4,9H,1H3/t9-/m0/s1. The molecule has 8 nitrogen and oxygen atoms in total. The number of ketones is 2. The van der Waals surface area contributed by atoms with Crippen molar-refractivity contribution < 1.29 is 24.1 Å². The molecule has 2 rings (SSSR count). The first-order valence-corrected chi connectivity index (χ1v) is 6.00. The Balaban J connectivity index is 2.50. The third-order valence-electron chi connectivity index (χ3n) is 2.93. The lowest BCUT2D eigenvalue weighted by Gasteiger charge is -2.14. The summed E-state index contributed by atoms with van der Waals surface area (Å²) in [6.45, 7) is 1.02. The summed E-state index contributed by atoms with van der Waals surface area (Å²) in [7, 11) is 0. The van der Waals surface area contributed by atoms with Crippen LogP contribution in [0.25, 0.3) is 0 Å². The Morgan fingerprint density at radius 3 is 2.38 bits per heavy atom. The summed E-state index contributed by atoms with van der Waals surface area (Å²) < 4.78 is 0. The first kappa shape index (κ1) is 14.8. The second-order valence-corrected chi connectivity index (χ2v) is 4.69. The zero-order chi connectivity index (χ0) is 15.9. The molecule has 1 aliphatic rings. The number of hydrogen-bond donors (Lipinski definition) is 0. The topological polar surface area (TPSA) is 115 Å². The minimum atomic E-state index is -1.68. The molecule has 0 radical (unpaired) electrons. The van der Waals surface area contributed by atoms with E-state index in [-0.39, 0.29) is 16.4 Å². The van der Waals surface area contributed by atoms with Crippen molar-refractivity contribution >= 4 is 46.4 Å². The molecule has 1 aliphatic heterocycles.